The van der Waals surface area contributed by atoms with E-state index in [4.69, 9.17) is 16.7 Å². The van der Waals surface area contributed by atoms with Crippen LogP contribution in [0.3, 0.4) is 0 Å². The minimum atomic E-state index is -0.485. The van der Waals surface area contributed by atoms with Crippen molar-refractivity contribution in [2.75, 3.05) is 18.5 Å². The number of β-amino-alcohol motifs (C(OH)–C–C–N with tert-alkyl or cyclic N) is 1. The van der Waals surface area contributed by atoms with Gasteiger partial charge in [-0.2, -0.15) is 5.10 Å². The number of aromatic nitrogens is 2. The topological polar surface area (TPSA) is 87.5 Å². The second kappa shape index (κ2) is 5.43. The van der Waals surface area contributed by atoms with Crippen molar-refractivity contribution in [2.24, 2.45) is 7.05 Å². The predicted octanol–water partition coefficient (Wildman–Crippen LogP) is 0.884. The number of fused-ring (bicyclic) bond motifs is 1. The molecule has 0 fully saturated rings. The highest BCUT2D eigenvalue weighted by Crippen LogP contribution is 2.29. The Morgan fingerprint density at radius 2 is 2.14 bits per heavy atom. The number of hydrogen-bond donors (Lipinski definition) is 2. The van der Waals surface area contributed by atoms with Crippen LogP contribution in [0.4, 0.5) is 5.69 Å². The SMILES string of the molecule is Cn1cc2cc(NC3=CC(=O)N(CCO)C3=O)c(Cl)cc2n1. The molecule has 1 aromatic heterocycles. The standard InChI is InChI=1S/C14H13ClN4O3/c1-18-7-8-4-11(9(15)5-10(8)17-18)16-12-6-13(21)19(2-3-20)14(12)22/h4-7,16,20H,2-3H2,1H3. The third-order valence-corrected chi connectivity index (χ3v) is 3.62. The monoisotopic (exact) mass is 320 g/mol. The molecule has 0 saturated carbocycles. The molecule has 7 nitrogen and oxygen atoms in total. The highest BCUT2D eigenvalue weighted by atomic mass is 35.5. The van der Waals surface area contributed by atoms with Gasteiger partial charge in [0, 0.05) is 24.7 Å². The average molecular weight is 321 g/mol. The highest BCUT2D eigenvalue weighted by molar-refractivity contribution is 6.34. The first-order chi connectivity index (χ1) is 10.5. The van der Waals surface area contributed by atoms with Crippen LogP contribution in [0, 0.1) is 0 Å². The fourth-order valence-corrected chi connectivity index (χ4v) is 2.53. The number of hydrogen-bond acceptors (Lipinski definition) is 5. The number of nitrogens with one attached hydrogen (secondary N) is 1. The van der Waals surface area contributed by atoms with Crippen LogP contribution >= 0.6 is 11.6 Å². The third-order valence-electron chi connectivity index (χ3n) is 3.31. The maximum atomic E-state index is 12.1. The van der Waals surface area contributed by atoms with E-state index in [1.807, 2.05) is 6.20 Å². The summed E-state index contributed by atoms with van der Waals surface area (Å²) in [6, 6.07) is 3.45. The highest BCUT2D eigenvalue weighted by Gasteiger charge is 2.30. The molecule has 0 spiro atoms. The molecular formula is C14H13ClN4O3. The normalized spacial score (nSPS) is 14.9. The lowest BCUT2D eigenvalue weighted by Gasteiger charge is -2.13. The summed E-state index contributed by atoms with van der Waals surface area (Å²) in [5, 5.41) is 17.3. The molecule has 1 aromatic carbocycles. The molecule has 0 saturated heterocycles. The molecule has 0 radical (unpaired) electrons. The van der Waals surface area contributed by atoms with Crippen molar-refractivity contribution in [1.29, 1.82) is 0 Å². The molecule has 2 aromatic rings. The van der Waals surface area contributed by atoms with Gasteiger partial charge in [-0.1, -0.05) is 11.6 Å². The van der Waals surface area contributed by atoms with Gasteiger partial charge in [-0.25, -0.2) is 0 Å². The number of amides is 2. The molecule has 1 aliphatic rings. The zero-order chi connectivity index (χ0) is 15.9. The molecule has 0 unspecified atom stereocenters. The molecule has 3 rings (SSSR count). The molecule has 8 heteroatoms. The van der Waals surface area contributed by atoms with Crippen LogP contribution in [0.1, 0.15) is 0 Å². The Bertz CT molecular complexity index is 812. The van der Waals surface area contributed by atoms with Crippen molar-refractivity contribution in [3.8, 4) is 0 Å². The lowest BCUT2D eigenvalue weighted by Crippen LogP contribution is -2.34. The fourth-order valence-electron chi connectivity index (χ4n) is 2.32. The number of aryl methyl sites for hydroxylation is 1. The molecule has 114 valence electrons. The van der Waals surface area contributed by atoms with Crippen molar-refractivity contribution in [3.05, 3.63) is 35.1 Å². The van der Waals surface area contributed by atoms with E-state index in [1.165, 1.54) is 6.08 Å². The summed E-state index contributed by atoms with van der Waals surface area (Å²) in [5.74, 6) is -0.943. The van der Waals surface area contributed by atoms with E-state index in [9.17, 15) is 9.59 Å². The number of carbonyl (C=O) groups is 2. The van der Waals surface area contributed by atoms with Crippen molar-refractivity contribution in [1.82, 2.24) is 14.7 Å². The Hall–Kier alpha value is -2.38. The number of rotatable bonds is 4. The van der Waals surface area contributed by atoms with Crippen molar-refractivity contribution in [2.45, 2.75) is 0 Å². The number of nitrogens with zero attached hydrogens (tertiary/aromatic N) is 3. The van der Waals surface area contributed by atoms with E-state index >= 15 is 0 Å². The lowest BCUT2D eigenvalue weighted by atomic mass is 10.2. The molecule has 0 aliphatic carbocycles. The maximum absolute atomic E-state index is 12.1. The first kappa shape index (κ1) is 14.6. The van der Waals surface area contributed by atoms with Crippen LogP contribution in [0.2, 0.25) is 5.02 Å². The molecule has 0 bridgehead atoms. The average Bonchev–Trinajstić information content (AvgIpc) is 2.93. The van der Waals surface area contributed by atoms with Gasteiger partial charge in [0.05, 0.1) is 29.4 Å². The number of carbonyl (C=O) groups excluding carboxylic acids is 2. The van der Waals surface area contributed by atoms with Crippen LogP contribution < -0.4 is 5.32 Å². The first-order valence-electron chi connectivity index (χ1n) is 6.58. The molecule has 22 heavy (non-hydrogen) atoms. The van der Waals surface area contributed by atoms with E-state index in [0.29, 0.717) is 10.7 Å². The van der Waals surface area contributed by atoms with Crippen LogP contribution in [-0.2, 0) is 16.6 Å². The van der Waals surface area contributed by atoms with E-state index in [2.05, 4.69) is 10.4 Å². The van der Waals surface area contributed by atoms with Gasteiger partial charge in [-0.3, -0.25) is 19.2 Å². The van der Waals surface area contributed by atoms with E-state index in [1.54, 1.807) is 23.9 Å². The van der Waals surface area contributed by atoms with Gasteiger partial charge < -0.3 is 10.4 Å². The van der Waals surface area contributed by atoms with Gasteiger partial charge in [0.1, 0.15) is 5.70 Å². The van der Waals surface area contributed by atoms with Gasteiger partial charge >= 0.3 is 0 Å². The van der Waals surface area contributed by atoms with Crippen molar-refractivity contribution in [3.63, 3.8) is 0 Å². The van der Waals surface area contributed by atoms with Crippen LogP contribution in [0.5, 0.6) is 0 Å². The minimum absolute atomic E-state index is 0.0330. The Morgan fingerprint density at radius 1 is 1.36 bits per heavy atom. The second-order valence-corrected chi connectivity index (χ2v) is 5.30. The van der Waals surface area contributed by atoms with Crippen LogP contribution in [0.25, 0.3) is 10.9 Å². The maximum Gasteiger partial charge on any atom is 0.277 e. The third kappa shape index (κ3) is 2.44. The van der Waals surface area contributed by atoms with Gasteiger partial charge in [-0.15, -0.1) is 0 Å². The largest absolute Gasteiger partial charge is 0.395 e. The van der Waals surface area contributed by atoms with E-state index in [0.717, 1.165) is 15.8 Å². The summed E-state index contributed by atoms with van der Waals surface area (Å²) in [4.78, 5) is 24.8. The lowest BCUT2D eigenvalue weighted by molar-refractivity contribution is -0.137. The summed E-state index contributed by atoms with van der Waals surface area (Å²) in [5.41, 5.74) is 1.38. The number of aliphatic hydroxyl groups is 1. The van der Waals surface area contributed by atoms with Crippen molar-refractivity contribution < 1.29 is 14.7 Å². The zero-order valence-electron chi connectivity index (χ0n) is 11.7. The Morgan fingerprint density at radius 3 is 2.86 bits per heavy atom. The van der Waals surface area contributed by atoms with Gasteiger partial charge in [0.25, 0.3) is 11.8 Å². The van der Waals surface area contributed by atoms with Gasteiger partial charge in [-0.05, 0) is 12.1 Å². The predicted molar refractivity (Wildman–Crippen MR) is 81.2 cm³/mol. The number of imide groups is 1. The number of aliphatic hydroxyl groups excluding tert-OH is 1. The van der Waals surface area contributed by atoms with Crippen molar-refractivity contribution >= 4 is 40.0 Å². The molecule has 1 aliphatic heterocycles. The Labute approximate surface area is 130 Å². The molecule has 2 amide bonds. The quantitative estimate of drug-likeness (QED) is 0.817. The second-order valence-electron chi connectivity index (χ2n) is 4.90. The van der Waals surface area contributed by atoms with Crippen LogP contribution in [-0.4, -0.2) is 44.8 Å². The summed E-state index contributed by atoms with van der Waals surface area (Å²) >= 11 is 6.18. The van der Waals surface area contributed by atoms with Gasteiger partial charge in [0.2, 0.25) is 0 Å². The smallest absolute Gasteiger partial charge is 0.277 e. The molecule has 2 heterocycles. The molecule has 0 atom stereocenters. The number of benzene rings is 1. The van der Waals surface area contributed by atoms with E-state index in [-0.39, 0.29) is 18.8 Å². The zero-order valence-corrected chi connectivity index (χ0v) is 12.5. The fraction of sp³-hybridized carbons (Fsp3) is 0.214. The summed E-state index contributed by atoms with van der Waals surface area (Å²) in [7, 11) is 1.80. The molecular weight excluding hydrogens is 308 g/mol. The Balaban J connectivity index is 1.90. The number of halogens is 1. The Kier molecular flexibility index (Phi) is 3.59. The van der Waals surface area contributed by atoms with Crippen LogP contribution in [0.15, 0.2) is 30.1 Å². The van der Waals surface area contributed by atoms with Gasteiger partial charge in [0.15, 0.2) is 0 Å². The first-order valence-corrected chi connectivity index (χ1v) is 6.95. The number of anilines is 1. The summed E-state index contributed by atoms with van der Waals surface area (Å²) < 4.78 is 1.66. The van der Waals surface area contributed by atoms with E-state index < -0.39 is 11.8 Å². The summed E-state index contributed by atoms with van der Waals surface area (Å²) in [6.45, 7) is -0.310. The molecule has 2 N–H and O–H groups in total. The summed E-state index contributed by atoms with van der Waals surface area (Å²) in [6.07, 6.45) is 3.02. The minimum Gasteiger partial charge on any atom is -0.395 e.